The lowest BCUT2D eigenvalue weighted by molar-refractivity contribution is -0.119. The number of anilines is 1. The van der Waals surface area contributed by atoms with E-state index in [4.69, 9.17) is 5.73 Å². The first-order chi connectivity index (χ1) is 8.90. The van der Waals surface area contributed by atoms with Gasteiger partial charge in [-0.05, 0) is 24.6 Å². The number of rotatable bonds is 4. The van der Waals surface area contributed by atoms with Crippen molar-refractivity contribution in [2.75, 3.05) is 24.5 Å². The van der Waals surface area contributed by atoms with Crippen molar-refractivity contribution < 1.29 is 13.2 Å². The second-order valence-electron chi connectivity index (χ2n) is 4.25. The fraction of sp³-hybridized carbons (Fsp3) is 0.455. The topological polar surface area (TPSA) is 59.5 Å². The highest BCUT2D eigenvalue weighted by atomic mass is 19.4. The number of pyridine rings is 1. The van der Waals surface area contributed by atoms with E-state index in [2.05, 4.69) is 10.1 Å². The molecule has 0 unspecified atom stereocenters. The van der Waals surface area contributed by atoms with Gasteiger partial charge < -0.3 is 10.6 Å². The number of hydrogen-bond acceptors (Lipinski definition) is 4. The van der Waals surface area contributed by atoms with Crippen LogP contribution in [0.3, 0.4) is 0 Å². The van der Waals surface area contributed by atoms with E-state index in [-0.39, 0.29) is 13.1 Å². The molecule has 2 aromatic rings. The zero-order chi connectivity index (χ0) is 14.0. The predicted molar refractivity (Wildman–Crippen MR) is 65.0 cm³/mol. The first kappa shape index (κ1) is 13.6. The minimum atomic E-state index is -4.30. The first-order valence-electron chi connectivity index (χ1n) is 5.73. The molecule has 5 nitrogen and oxygen atoms in total. The van der Waals surface area contributed by atoms with Crippen LogP contribution in [0.4, 0.5) is 19.0 Å². The number of nitrogens with two attached hydrogens (primary N) is 1. The summed E-state index contributed by atoms with van der Waals surface area (Å²) >= 11 is 0. The highest BCUT2D eigenvalue weighted by Gasteiger charge is 2.31. The Bertz CT molecular complexity index is 563. The molecule has 2 heterocycles. The summed E-state index contributed by atoms with van der Waals surface area (Å²) in [6.45, 7) is 0.952. The number of aromatic nitrogens is 3. The van der Waals surface area contributed by atoms with E-state index in [1.807, 2.05) is 0 Å². The average Bonchev–Trinajstić information content (AvgIpc) is 2.73. The Balaban J connectivity index is 2.45. The molecule has 2 aromatic heterocycles. The third-order valence-corrected chi connectivity index (χ3v) is 2.60. The summed E-state index contributed by atoms with van der Waals surface area (Å²) in [5.41, 5.74) is 6.72. The molecule has 0 aromatic carbocycles. The number of alkyl halides is 3. The van der Waals surface area contributed by atoms with E-state index in [9.17, 15) is 13.2 Å². The minimum Gasteiger partial charge on any atom is -0.346 e. The molecule has 8 heteroatoms. The summed E-state index contributed by atoms with van der Waals surface area (Å²) in [4.78, 5) is 5.15. The van der Waals surface area contributed by atoms with Crippen LogP contribution in [-0.4, -0.2) is 40.4 Å². The lowest BCUT2D eigenvalue weighted by Gasteiger charge is -2.25. The number of halogens is 3. The van der Waals surface area contributed by atoms with Crippen LogP contribution in [0.5, 0.6) is 0 Å². The second-order valence-corrected chi connectivity index (χ2v) is 4.25. The standard InChI is InChI=1S/C11H14F3N5/c1-8-4-9-16-7-17-19(9)10(5-8)18(3-2-15)6-11(12,13)14/h4-5,7H,2-3,6,15H2,1H3. The predicted octanol–water partition coefficient (Wildman–Crippen LogP) is 1.37. The lowest BCUT2D eigenvalue weighted by Crippen LogP contribution is -2.38. The van der Waals surface area contributed by atoms with Gasteiger partial charge in [-0.2, -0.15) is 22.8 Å². The molecule has 0 aliphatic rings. The number of fused-ring (bicyclic) bond motifs is 1. The van der Waals surface area contributed by atoms with Crippen molar-refractivity contribution in [2.24, 2.45) is 5.73 Å². The molecule has 0 spiro atoms. The summed E-state index contributed by atoms with van der Waals surface area (Å²) in [6, 6.07) is 3.40. The summed E-state index contributed by atoms with van der Waals surface area (Å²) in [7, 11) is 0. The Morgan fingerprint density at radius 1 is 1.37 bits per heavy atom. The molecule has 104 valence electrons. The molecule has 0 saturated carbocycles. The van der Waals surface area contributed by atoms with Gasteiger partial charge in [0.25, 0.3) is 0 Å². The first-order valence-corrected chi connectivity index (χ1v) is 5.73. The molecule has 19 heavy (non-hydrogen) atoms. The zero-order valence-corrected chi connectivity index (χ0v) is 10.4. The van der Waals surface area contributed by atoms with Gasteiger partial charge in [0.05, 0.1) is 0 Å². The molecule has 2 N–H and O–H groups in total. The van der Waals surface area contributed by atoms with Crippen molar-refractivity contribution in [3.8, 4) is 0 Å². The number of hydrogen-bond donors (Lipinski definition) is 1. The number of aryl methyl sites for hydroxylation is 1. The van der Waals surface area contributed by atoms with Crippen molar-refractivity contribution in [2.45, 2.75) is 13.1 Å². The molecule has 0 aliphatic carbocycles. The monoisotopic (exact) mass is 273 g/mol. The fourth-order valence-corrected chi connectivity index (χ4v) is 1.91. The van der Waals surface area contributed by atoms with Crippen LogP contribution in [0, 0.1) is 6.92 Å². The SMILES string of the molecule is Cc1cc(N(CCN)CC(F)(F)F)n2ncnc2c1. The van der Waals surface area contributed by atoms with Crippen LogP contribution < -0.4 is 10.6 Å². The molecule has 0 bridgehead atoms. The van der Waals surface area contributed by atoms with Gasteiger partial charge in [0.2, 0.25) is 0 Å². The van der Waals surface area contributed by atoms with Gasteiger partial charge in [-0.15, -0.1) is 0 Å². The van der Waals surface area contributed by atoms with Crippen molar-refractivity contribution in [1.82, 2.24) is 14.6 Å². The Labute approximate surface area is 107 Å². The Morgan fingerprint density at radius 3 is 2.74 bits per heavy atom. The van der Waals surface area contributed by atoms with E-state index < -0.39 is 12.7 Å². The van der Waals surface area contributed by atoms with Crippen LogP contribution in [-0.2, 0) is 0 Å². The van der Waals surface area contributed by atoms with Gasteiger partial charge in [0.15, 0.2) is 5.65 Å². The van der Waals surface area contributed by atoms with E-state index in [0.29, 0.717) is 11.5 Å². The molecule has 0 fully saturated rings. The Hall–Kier alpha value is -1.83. The highest BCUT2D eigenvalue weighted by Crippen LogP contribution is 2.23. The molecule has 0 aliphatic heterocycles. The van der Waals surface area contributed by atoms with Crippen LogP contribution >= 0.6 is 0 Å². The molecular weight excluding hydrogens is 259 g/mol. The third-order valence-electron chi connectivity index (χ3n) is 2.60. The molecule has 0 atom stereocenters. The summed E-state index contributed by atoms with van der Waals surface area (Å²) in [6.07, 6.45) is -2.99. The normalized spacial score (nSPS) is 12.1. The fourth-order valence-electron chi connectivity index (χ4n) is 1.91. The van der Waals surface area contributed by atoms with Gasteiger partial charge >= 0.3 is 6.18 Å². The van der Waals surface area contributed by atoms with Gasteiger partial charge in [-0.1, -0.05) is 0 Å². The Morgan fingerprint density at radius 2 is 2.11 bits per heavy atom. The van der Waals surface area contributed by atoms with Gasteiger partial charge in [0, 0.05) is 13.1 Å². The maximum absolute atomic E-state index is 12.6. The molecule has 2 rings (SSSR count). The van der Waals surface area contributed by atoms with E-state index in [0.717, 1.165) is 10.5 Å². The highest BCUT2D eigenvalue weighted by molar-refractivity contribution is 5.53. The van der Waals surface area contributed by atoms with E-state index in [1.54, 1.807) is 19.1 Å². The van der Waals surface area contributed by atoms with Gasteiger partial charge in [0.1, 0.15) is 18.7 Å². The molecule has 0 amide bonds. The van der Waals surface area contributed by atoms with Crippen molar-refractivity contribution >= 4 is 11.5 Å². The van der Waals surface area contributed by atoms with Crippen molar-refractivity contribution in [3.05, 3.63) is 24.0 Å². The largest absolute Gasteiger partial charge is 0.405 e. The second kappa shape index (κ2) is 5.04. The minimum absolute atomic E-state index is 0.0952. The Kier molecular flexibility index (Phi) is 3.61. The molecular formula is C11H14F3N5. The van der Waals surface area contributed by atoms with Crippen molar-refractivity contribution in [3.63, 3.8) is 0 Å². The van der Waals surface area contributed by atoms with Crippen LogP contribution in [0.25, 0.3) is 5.65 Å². The average molecular weight is 273 g/mol. The smallest absolute Gasteiger partial charge is 0.346 e. The van der Waals surface area contributed by atoms with Crippen LogP contribution in [0.1, 0.15) is 5.56 Å². The molecule has 0 radical (unpaired) electrons. The maximum atomic E-state index is 12.6. The quantitative estimate of drug-likeness (QED) is 0.914. The summed E-state index contributed by atoms with van der Waals surface area (Å²) < 4.78 is 39.2. The van der Waals surface area contributed by atoms with E-state index in [1.165, 1.54) is 10.8 Å². The summed E-state index contributed by atoms with van der Waals surface area (Å²) in [5.74, 6) is 0.343. The zero-order valence-electron chi connectivity index (χ0n) is 10.4. The van der Waals surface area contributed by atoms with Crippen LogP contribution in [0.2, 0.25) is 0 Å². The molecule has 0 saturated heterocycles. The lowest BCUT2D eigenvalue weighted by atomic mass is 10.2. The van der Waals surface area contributed by atoms with Crippen LogP contribution in [0.15, 0.2) is 18.5 Å². The van der Waals surface area contributed by atoms with Crippen molar-refractivity contribution in [1.29, 1.82) is 0 Å². The number of nitrogens with zero attached hydrogens (tertiary/aromatic N) is 4. The third kappa shape index (κ3) is 3.14. The summed E-state index contributed by atoms with van der Waals surface area (Å²) in [5, 5.41) is 3.95. The van der Waals surface area contributed by atoms with E-state index >= 15 is 0 Å². The maximum Gasteiger partial charge on any atom is 0.405 e. The van der Waals surface area contributed by atoms with Gasteiger partial charge in [-0.3, -0.25) is 0 Å². The van der Waals surface area contributed by atoms with Gasteiger partial charge in [-0.25, -0.2) is 4.98 Å².